The highest BCUT2D eigenvalue weighted by Gasteiger charge is 2.23. The summed E-state index contributed by atoms with van der Waals surface area (Å²) in [7, 11) is 0. The van der Waals surface area contributed by atoms with Crippen molar-refractivity contribution >= 4 is 24.4 Å². The van der Waals surface area contributed by atoms with Crippen molar-refractivity contribution in [1.82, 2.24) is 15.2 Å². The van der Waals surface area contributed by atoms with Gasteiger partial charge in [-0.2, -0.15) is 17.7 Å². The lowest BCUT2D eigenvalue weighted by Crippen LogP contribution is -2.24. The van der Waals surface area contributed by atoms with Crippen molar-refractivity contribution in [1.29, 1.82) is 0 Å². The van der Waals surface area contributed by atoms with Crippen molar-refractivity contribution in [3.05, 3.63) is 6.33 Å². The van der Waals surface area contributed by atoms with Crippen molar-refractivity contribution in [3.8, 4) is 0 Å². The fraction of sp³-hybridized carbons (Fsp3) is 0.778. The first-order valence-electron chi connectivity index (χ1n) is 4.63. The van der Waals surface area contributed by atoms with E-state index in [2.05, 4.69) is 48.6 Å². The molecule has 1 atom stereocenters. The minimum absolute atomic E-state index is 0.300. The van der Waals surface area contributed by atoms with Crippen molar-refractivity contribution in [3.63, 3.8) is 0 Å². The van der Waals surface area contributed by atoms with E-state index in [9.17, 15) is 0 Å². The van der Waals surface area contributed by atoms with Gasteiger partial charge < -0.3 is 0 Å². The van der Waals surface area contributed by atoms with Gasteiger partial charge in [0.05, 0.1) is 0 Å². The zero-order valence-corrected chi connectivity index (χ0v) is 10.5. The van der Waals surface area contributed by atoms with E-state index in [0.29, 0.717) is 11.3 Å². The molecular formula is C9H17N3S2. The van der Waals surface area contributed by atoms with E-state index < -0.39 is 0 Å². The lowest BCUT2D eigenvalue weighted by molar-refractivity contribution is 0.294. The number of H-pyrrole nitrogens is 1. The Bertz CT molecular complexity index is 254. The zero-order valence-electron chi connectivity index (χ0n) is 8.82. The molecule has 0 saturated carbocycles. The molecule has 0 saturated heterocycles. The zero-order chi connectivity index (χ0) is 10.6. The van der Waals surface area contributed by atoms with Crippen LogP contribution < -0.4 is 0 Å². The van der Waals surface area contributed by atoms with Crippen LogP contribution >= 0.6 is 24.4 Å². The molecule has 1 heterocycles. The van der Waals surface area contributed by atoms with Crippen LogP contribution in [0.2, 0.25) is 0 Å². The second kappa shape index (κ2) is 5.07. The number of hydrogen-bond donors (Lipinski definition) is 2. The first-order valence-corrected chi connectivity index (χ1v) is 6.25. The van der Waals surface area contributed by atoms with Crippen molar-refractivity contribution < 1.29 is 0 Å². The Morgan fingerprint density at radius 3 is 2.71 bits per heavy atom. The number of thiol groups is 1. The molecule has 1 rings (SSSR count). The summed E-state index contributed by atoms with van der Waals surface area (Å²) in [5.74, 6) is 2.52. The van der Waals surface area contributed by atoms with Gasteiger partial charge in [0.1, 0.15) is 6.33 Å². The number of rotatable bonds is 4. The van der Waals surface area contributed by atoms with Crippen LogP contribution in [0, 0.1) is 11.3 Å². The van der Waals surface area contributed by atoms with Crippen LogP contribution in [0.1, 0.15) is 20.8 Å². The summed E-state index contributed by atoms with van der Waals surface area (Å²) < 4.78 is 0. The Labute approximate surface area is 94.9 Å². The summed E-state index contributed by atoms with van der Waals surface area (Å²) in [6.07, 6.45) is 1.54. The summed E-state index contributed by atoms with van der Waals surface area (Å²) in [5.41, 5.74) is 0.300. The lowest BCUT2D eigenvalue weighted by atomic mass is 9.83. The lowest BCUT2D eigenvalue weighted by Gasteiger charge is -2.28. The molecule has 3 nitrogen and oxygen atoms in total. The molecule has 0 spiro atoms. The standard InChI is InChI=1S/C9H17N3S2/c1-9(2,3)7(4-13)5-14-8-10-6-11-12-8/h6-7,13H,4-5H2,1-3H3,(H,10,11,12). The van der Waals surface area contributed by atoms with Gasteiger partial charge in [0, 0.05) is 5.75 Å². The number of nitrogens with zero attached hydrogens (tertiary/aromatic N) is 2. The van der Waals surface area contributed by atoms with Gasteiger partial charge in [-0.05, 0) is 17.1 Å². The van der Waals surface area contributed by atoms with Crippen LogP contribution in [0.15, 0.2) is 11.5 Å². The molecule has 1 aromatic rings. The molecule has 1 aromatic heterocycles. The van der Waals surface area contributed by atoms with Crippen LogP contribution in [0.3, 0.4) is 0 Å². The molecule has 1 unspecified atom stereocenters. The van der Waals surface area contributed by atoms with E-state index in [1.165, 1.54) is 6.33 Å². The van der Waals surface area contributed by atoms with E-state index in [4.69, 9.17) is 0 Å². The van der Waals surface area contributed by atoms with Gasteiger partial charge >= 0.3 is 0 Å². The Morgan fingerprint density at radius 1 is 1.57 bits per heavy atom. The van der Waals surface area contributed by atoms with E-state index in [0.717, 1.165) is 16.7 Å². The predicted octanol–water partition coefficient (Wildman–Crippen LogP) is 2.49. The second-order valence-electron chi connectivity index (χ2n) is 4.35. The van der Waals surface area contributed by atoms with Gasteiger partial charge in [-0.1, -0.05) is 32.5 Å². The maximum absolute atomic E-state index is 4.38. The van der Waals surface area contributed by atoms with Crippen LogP contribution in [0.25, 0.3) is 0 Å². The average molecular weight is 231 g/mol. The Hall–Kier alpha value is -0.160. The highest BCUT2D eigenvalue weighted by atomic mass is 32.2. The molecule has 1 N–H and O–H groups in total. The molecule has 14 heavy (non-hydrogen) atoms. The van der Waals surface area contributed by atoms with Gasteiger partial charge in [-0.15, -0.1) is 0 Å². The van der Waals surface area contributed by atoms with Crippen LogP contribution in [-0.4, -0.2) is 26.7 Å². The van der Waals surface area contributed by atoms with Crippen LogP contribution in [-0.2, 0) is 0 Å². The fourth-order valence-corrected chi connectivity index (χ4v) is 3.09. The Balaban J connectivity index is 2.43. The first kappa shape index (κ1) is 11.9. The minimum atomic E-state index is 0.300. The molecule has 0 fully saturated rings. The highest BCUT2D eigenvalue weighted by molar-refractivity contribution is 7.99. The van der Waals surface area contributed by atoms with Crippen molar-refractivity contribution in [2.75, 3.05) is 11.5 Å². The van der Waals surface area contributed by atoms with Gasteiger partial charge in [0.25, 0.3) is 0 Å². The SMILES string of the molecule is CC(C)(C)C(CS)CSc1ncn[nH]1. The average Bonchev–Trinajstić information content (AvgIpc) is 2.55. The minimum Gasteiger partial charge on any atom is -0.254 e. The largest absolute Gasteiger partial charge is 0.254 e. The molecule has 0 aliphatic rings. The van der Waals surface area contributed by atoms with Gasteiger partial charge in [-0.25, -0.2) is 4.98 Å². The number of aromatic amines is 1. The van der Waals surface area contributed by atoms with E-state index in [1.807, 2.05) is 0 Å². The summed E-state index contributed by atoms with van der Waals surface area (Å²) in [6.45, 7) is 6.73. The van der Waals surface area contributed by atoms with Gasteiger partial charge in [-0.3, -0.25) is 5.10 Å². The molecular weight excluding hydrogens is 214 g/mol. The van der Waals surface area contributed by atoms with Gasteiger partial charge in [0.2, 0.25) is 0 Å². The topological polar surface area (TPSA) is 41.6 Å². The molecule has 80 valence electrons. The van der Waals surface area contributed by atoms with Crippen LogP contribution in [0.5, 0.6) is 0 Å². The first-order chi connectivity index (χ1) is 6.54. The molecule has 0 aromatic carbocycles. The number of aromatic nitrogens is 3. The summed E-state index contributed by atoms with van der Waals surface area (Å²) >= 11 is 6.09. The third-order valence-corrected chi connectivity index (χ3v) is 3.74. The van der Waals surface area contributed by atoms with Crippen molar-refractivity contribution in [2.24, 2.45) is 11.3 Å². The predicted molar refractivity (Wildman–Crippen MR) is 63.9 cm³/mol. The van der Waals surface area contributed by atoms with E-state index >= 15 is 0 Å². The number of nitrogens with one attached hydrogen (secondary N) is 1. The monoisotopic (exact) mass is 231 g/mol. The maximum atomic E-state index is 4.38. The number of thioether (sulfide) groups is 1. The van der Waals surface area contributed by atoms with Crippen molar-refractivity contribution in [2.45, 2.75) is 25.9 Å². The molecule has 5 heteroatoms. The maximum Gasteiger partial charge on any atom is 0.183 e. The molecule has 0 amide bonds. The summed E-state index contributed by atoms with van der Waals surface area (Å²) in [6, 6.07) is 0. The molecule has 0 aliphatic heterocycles. The summed E-state index contributed by atoms with van der Waals surface area (Å²) in [5, 5.41) is 7.55. The highest BCUT2D eigenvalue weighted by Crippen LogP contribution is 2.31. The third kappa shape index (κ3) is 3.53. The normalized spacial score (nSPS) is 14.3. The smallest absolute Gasteiger partial charge is 0.183 e. The van der Waals surface area contributed by atoms with Crippen LogP contribution in [0.4, 0.5) is 0 Å². The molecule has 0 bridgehead atoms. The number of hydrogen-bond acceptors (Lipinski definition) is 4. The fourth-order valence-electron chi connectivity index (χ4n) is 1.02. The van der Waals surface area contributed by atoms with Gasteiger partial charge in [0.15, 0.2) is 5.16 Å². The molecule has 0 aliphatic carbocycles. The molecule has 0 radical (unpaired) electrons. The quantitative estimate of drug-likeness (QED) is 0.618. The second-order valence-corrected chi connectivity index (χ2v) is 5.72. The third-order valence-electron chi connectivity index (χ3n) is 2.26. The van der Waals surface area contributed by atoms with E-state index in [-0.39, 0.29) is 0 Å². The Morgan fingerprint density at radius 2 is 2.29 bits per heavy atom. The Kier molecular flexibility index (Phi) is 4.31. The summed E-state index contributed by atoms with van der Waals surface area (Å²) in [4.78, 5) is 4.08. The van der Waals surface area contributed by atoms with E-state index in [1.54, 1.807) is 11.8 Å².